The molecular weight excluding hydrogens is 192 g/mol. The number of nitrogens with one attached hydrogen (secondary N) is 1. The van der Waals surface area contributed by atoms with Gasteiger partial charge in [0, 0.05) is 12.6 Å². The van der Waals surface area contributed by atoms with E-state index in [1.54, 1.807) is 0 Å². The molecule has 1 atom stereocenters. The summed E-state index contributed by atoms with van der Waals surface area (Å²) < 4.78 is 22.1. The normalized spacial score (nSPS) is 25.8. The first-order chi connectivity index (χ1) is 6.07. The first kappa shape index (κ1) is 10.5. The molecule has 1 aliphatic rings. The van der Waals surface area contributed by atoms with Gasteiger partial charge in [-0.1, -0.05) is 0 Å². The Labute approximate surface area is 78.0 Å². The van der Waals surface area contributed by atoms with Gasteiger partial charge in [-0.25, -0.2) is 13.8 Å². The van der Waals surface area contributed by atoms with Gasteiger partial charge in [-0.05, 0) is 13.3 Å². The summed E-state index contributed by atoms with van der Waals surface area (Å²) in [4.78, 5) is 10.4. The van der Waals surface area contributed by atoms with Gasteiger partial charge < -0.3 is 0 Å². The molecule has 0 radical (unpaired) electrons. The smallest absolute Gasteiger partial charge is 0.223 e. The lowest BCUT2D eigenvalue weighted by Gasteiger charge is -2.20. The third-order valence-corrected chi connectivity index (χ3v) is 3.82. The van der Waals surface area contributed by atoms with Crippen molar-refractivity contribution in [3.05, 3.63) is 0 Å². The molecule has 1 aliphatic heterocycles. The highest BCUT2D eigenvalue weighted by atomic mass is 32.2. The Kier molecular flexibility index (Phi) is 3.27. The molecule has 13 heavy (non-hydrogen) atoms. The van der Waals surface area contributed by atoms with E-state index in [0.717, 1.165) is 0 Å². The van der Waals surface area contributed by atoms with E-state index in [1.807, 2.05) is 6.92 Å². The molecule has 1 heterocycles. The van der Waals surface area contributed by atoms with Crippen molar-refractivity contribution >= 4 is 16.2 Å². The van der Waals surface area contributed by atoms with Crippen molar-refractivity contribution in [2.24, 2.45) is 0 Å². The molecule has 1 fully saturated rings. The second-order valence-electron chi connectivity index (χ2n) is 3.12. The zero-order chi connectivity index (χ0) is 9.90. The second kappa shape index (κ2) is 4.06. The Morgan fingerprint density at radius 3 is 2.69 bits per heavy atom. The first-order valence-corrected chi connectivity index (χ1v) is 6.08. The van der Waals surface area contributed by atoms with Crippen LogP contribution in [-0.4, -0.2) is 43.9 Å². The maximum atomic E-state index is 11.1. The van der Waals surface area contributed by atoms with Gasteiger partial charge in [-0.2, -0.15) is 0 Å². The molecule has 1 amide bonds. The molecule has 0 spiro atoms. The van der Waals surface area contributed by atoms with Gasteiger partial charge >= 0.3 is 0 Å². The molecule has 0 aromatic carbocycles. The zero-order valence-corrected chi connectivity index (χ0v) is 8.38. The molecule has 0 bridgehead atoms. The number of nitrogens with zero attached hydrogens (tertiary/aromatic N) is 1. The standard InChI is InChI=1S/C7H14N2O3S/c1-2-9(6-10)8-7-3-4-13(11,12)5-7/h6-8H,2-5H2,1H3. The monoisotopic (exact) mass is 206 g/mol. The predicted molar refractivity (Wildman–Crippen MR) is 48.6 cm³/mol. The van der Waals surface area contributed by atoms with Crippen LogP contribution in [0.1, 0.15) is 13.3 Å². The largest absolute Gasteiger partial charge is 0.281 e. The summed E-state index contributed by atoms with van der Waals surface area (Å²) in [7, 11) is -2.86. The molecule has 5 nitrogen and oxygen atoms in total. The number of hydrogen-bond acceptors (Lipinski definition) is 4. The number of carbonyl (C=O) groups excluding carboxylic acids is 1. The number of carbonyl (C=O) groups is 1. The van der Waals surface area contributed by atoms with Gasteiger partial charge in [-0.15, -0.1) is 0 Å². The van der Waals surface area contributed by atoms with E-state index in [9.17, 15) is 13.2 Å². The van der Waals surface area contributed by atoms with Crippen molar-refractivity contribution in [3.8, 4) is 0 Å². The number of amides is 1. The van der Waals surface area contributed by atoms with Crippen LogP contribution in [0, 0.1) is 0 Å². The summed E-state index contributed by atoms with van der Waals surface area (Å²) in [6.07, 6.45) is 1.26. The van der Waals surface area contributed by atoms with Gasteiger partial charge in [-0.3, -0.25) is 9.80 Å². The molecular formula is C7H14N2O3S. The van der Waals surface area contributed by atoms with Crippen LogP contribution in [-0.2, 0) is 14.6 Å². The molecule has 0 aliphatic carbocycles. The maximum Gasteiger partial charge on any atom is 0.223 e. The van der Waals surface area contributed by atoms with E-state index in [0.29, 0.717) is 19.4 Å². The number of hydrazine groups is 1. The van der Waals surface area contributed by atoms with E-state index >= 15 is 0 Å². The molecule has 6 heteroatoms. The van der Waals surface area contributed by atoms with Crippen molar-refractivity contribution in [1.29, 1.82) is 0 Å². The lowest BCUT2D eigenvalue weighted by Crippen LogP contribution is -2.44. The Hall–Kier alpha value is -0.620. The molecule has 76 valence electrons. The summed E-state index contributed by atoms with van der Waals surface area (Å²) in [6.45, 7) is 2.37. The van der Waals surface area contributed by atoms with E-state index in [-0.39, 0.29) is 17.5 Å². The molecule has 1 saturated heterocycles. The van der Waals surface area contributed by atoms with Crippen molar-refractivity contribution in [2.45, 2.75) is 19.4 Å². The van der Waals surface area contributed by atoms with Crippen LogP contribution in [0.15, 0.2) is 0 Å². The SMILES string of the molecule is CCN(C=O)NC1CCS(=O)(=O)C1. The van der Waals surface area contributed by atoms with Gasteiger partial charge in [0.2, 0.25) is 6.41 Å². The average Bonchev–Trinajstić information content (AvgIpc) is 2.41. The van der Waals surface area contributed by atoms with Gasteiger partial charge in [0.1, 0.15) is 0 Å². The quantitative estimate of drug-likeness (QED) is 0.481. The topological polar surface area (TPSA) is 66.5 Å². The fraction of sp³-hybridized carbons (Fsp3) is 0.857. The summed E-state index contributed by atoms with van der Waals surface area (Å²) in [5, 5.41) is 1.37. The van der Waals surface area contributed by atoms with E-state index in [2.05, 4.69) is 5.43 Å². The minimum atomic E-state index is -2.86. The summed E-state index contributed by atoms with van der Waals surface area (Å²) in [6, 6.07) is -0.102. The number of rotatable bonds is 4. The zero-order valence-electron chi connectivity index (χ0n) is 7.56. The van der Waals surface area contributed by atoms with Crippen LogP contribution in [0.4, 0.5) is 0 Å². The third kappa shape index (κ3) is 2.96. The molecule has 1 rings (SSSR count). The van der Waals surface area contributed by atoms with E-state index < -0.39 is 9.84 Å². The molecule has 0 aromatic heterocycles. The van der Waals surface area contributed by atoms with Crippen molar-refractivity contribution < 1.29 is 13.2 Å². The van der Waals surface area contributed by atoms with Crippen LogP contribution in [0.5, 0.6) is 0 Å². The summed E-state index contributed by atoms with van der Waals surface area (Å²) in [5.74, 6) is 0.360. The van der Waals surface area contributed by atoms with Crippen molar-refractivity contribution in [3.63, 3.8) is 0 Å². The van der Waals surface area contributed by atoms with Crippen LogP contribution >= 0.6 is 0 Å². The van der Waals surface area contributed by atoms with Crippen molar-refractivity contribution in [2.75, 3.05) is 18.1 Å². The van der Waals surface area contributed by atoms with E-state index in [1.165, 1.54) is 5.01 Å². The first-order valence-electron chi connectivity index (χ1n) is 4.26. The van der Waals surface area contributed by atoms with Crippen molar-refractivity contribution in [1.82, 2.24) is 10.4 Å². The Balaban J connectivity index is 2.44. The number of sulfone groups is 1. The van der Waals surface area contributed by atoms with Crippen LogP contribution in [0.25, 0.3) is 0 Å². The highest BCUT2D eigenvalue weighted by Crippen LogP contribution is 2.11. The Morgan fingerprint density at radius 1 is 1.62 bits per heavy atom. The lowest BCUT2D eigenvalue weighted by atomic mass is 10.3. The highest BCUT2D eigenvalue weighted by molar-refractivity contribution is 7.91. The highest BCUT2D eigenvalue weighted by Gasteiger charge is 2.28. The van der Waals surface area contributed by atoms with Crippen LogP contribution in [0.2, 0.25) is 0 Å². The summed E-state index contributed by atoms with van der Waals surface area (Å²) >= 11 is 0. The van der Waals surface area contributed by atoms with E-state index in [4.69, 9.17) is 0 Å². The maximum absolute atomic E-state index is 11.1. The fourth-order valence-corrected chi connectivity index (χ4v) is 2.99. The van der Waals surface area contributed by atoms with Crippen LogP contribution in [0.3, 0.4) is 0 Å². The fourth-order valence-electron chi connectivity index (χ4n) is 1.33. The molecule has 0 saturated carbocycles. The lowest BCUT2D eigenvalue weighted by molar-refractivity contribution is -0.121. The predicted octanol–water partition coefficient (Wildman–Crippen LogP) is -0.844. The van der Waals surface area contributed by atoms with Gasteiger partial charge in [0.25, 0.3) is 0 Å². The minimum absolute atomic E-state index is 0.102. The average molecular weight is 206 g/mol. The van der Waals surface area contributed by atoms with Gasteiger partial charge in [0.15, 0.2) is 9.84 Å². The minimum Gasteiger partial charge on any atom is -0.281 e. The Bertz CT molecular complexity index is 275. The number of hydrogen-bond donors (Lipinski definition) is 1. The second-order valence-corrected chi connectivity index (χ2v) is 5.35. The molecule has 1 unspecified atom stereocenters. The molecule has 0 aromatic rings. The van der Waals surface area contributed by atoms with Gasteiger partial charge in [0.05, 0.1) is 11.5 Å². The summed E-state index contributed by atoms with van der Waals surface area (Å²) in [5.41, 5.74) is 2.86. The third-order valence-electron chi connectivity index (χ3n) is 2.05. The molecule has 1 N–H and O–H groups in total. The van der Waals surface area contributed by atoms with Crippen LogP contribution < -0.4 is 5.43 Å². The Morgan fingerprint density at radius 2 is 2.31 bits per heavy atom.